The molecule has 1 rings (SSSR count). The summed E-state index contributed by atoms with van der Waals surface area (Å²) < 4.78 is 4.71. The second-order valence-corrected chi connectivity index (χ2v) is 4.59. The van der Waals surface area contributed by atoms with Gasteiger partial charge in [0.1, 0.15) is 6.54 Å². The monoisotopic (exact) mass is 242 g/mol. The van der Waals surface area contributed by atoms with Crippen molar-refractivity contribution < 1.29 is 14.3 Å². The number of urea groups is 1. The molecule has 1 aliphatic carbocycles. The molecule has 2 amide bonds. The van der Waals surface area contributed by atoms with Gasteiger partial charge in [-0.25, -0.2) is 4.79 Å². The van der Waals surface area contributed by atoms with Crippen LogP contribution in [0.1, 0.15) is 39.5 Å². The highest BCUT2D eigenvalue weighted by Gasteiger charge is 2.19. The van der Waals surface area contributed by atoms with Crippen LogP contribution in [0.2, 0.25) is 0 Å². The first-order valence-corrected chi connectivity index (χ1v) is 6.31. The van der Waals surface area contributed by atoms with E-state index in [2.05, 4.69) is 17.6 Å². The molecule has 0 aromatic heterocycles. The number of amides is 2. The van der Waals surface area contributed by atoms with Crippen LogP contribution in [-0.2, 0) is 9.53 Å². The van der Waals surface area contributed by atoms with Gasteiger partial charge in [-0.3, -0.25) is 4.79 Å². The highest BCUT2D eigenvalue weighted by molar-refractivity contribution is 5.80. The number of carbonyl (C=O) groups is 2. The van der Waals surface area contributed by atoms with Crippen LogP contribution in [0.5, 0.6) is 0 Å². The molecular formula is C12H22N2O3. The highest BCUT2D eigenvalue weighted by Crippen LogP contribution is 2.23. The molecule has 0 atom stereocenters. The maximum absolute atomic E-state index is 11.5. The Hall–Kier alpha value is -1.26. The van der Waals surface area contributed by atoms with E-state index in [9.17, 15) is 9.59 Å². The molecule has 17 heavy (non-hydrogen) atoms. The summed E-state index contributed by atoms with van der Waals surface area (Å²) in [6, 6.07) is -0.0361. The summed E-state index contributed by atoms with van der Waals surface area (Å²) in [5.41, 5.74) is 0. The van der Waals surface area contributed by atoms with Gasteiger partial charge in [-0.1, -0.05) is 6.92 Å². The summed E-state index contributed by atoms with van der Waals surface area (Å²) in [7, 11) is 0. The van der Waals surface area contributed by atoms with Crippen molar-refractivity contribution in [1.82, 2.24) is 10.6 Å². The smallest absolute Gasteiger partial charge is 0.325 e. The predicted octanol–water partition coefficient (Wildman–Crippen LogP) is 1.43. The maximum Gasteiger partial charge on any atom is 0.325 e. The molecule has 0 spiro atoms. The van der Waals surface area contributed by atoms with Crippen molar-refractivity contribution in [3.8, 4) is 0 Å². The van der Waals surface area contributed by atoms with Crippen molar-refractivity contribution in [3.05, 3.63) is 0 Å². The van der Waals surface area contributed by atoms with Gasteiger partial charge in [-0.05, 0) is 38.5 Å². The van der Waals surface area contributed by atoms with Gasteiger partial charge in [0.15, 0.2) is 0 Å². The Morgan fingerprint density at radius 3 is 2.47 bits per heavy atom. The summed E-state index contributed by atoms with van der Waals surface area (Å²) in [6.45, 7) is 4.24. The van der Waals surface area contributed by atoms with Gasteiger partial charge in [0, 0.05) is 6.04 Å². The Balaban J connectivity index is 2.14. The molecule has 1 saturated carbocycles. The van der Waals surface area contributed by atoms with E-state index in [-0.39, 0.29) is 18.6 Å². The fourth-order valence-electron chi connectivity index (χ4n) is 2.01. The molecule has 5 heteroatoms. The first-order chi connectivity index (χ1) is 8.11. The molecule has 0 aliphatic heterocycles. The predicted molar refractivity (Wildman–Crippen MR) is 64.6 cm³/mol. The second kappa shape index (κ2) is 7.14. The first kappa shape index (κ1) is 13.8. The molecule has 0 heterocycles. The van der Waals surface area contributed by atoms with Crippen LogP contribution in [0, 0.1) is 5.92 Å². The number of esters is 1. The van der Waals surface area contributed by atoms with Crippen molar-refractivity contribution in [2.45, 2.75) is 45.6 Å². The van der Waals surface area contributed by atoms with Crippen molar-refractivity contribution in [2.24, 2.45) is 5.92 Å². The van der Waals surface area contributed by atoms with Crippen LogP contribution in [-0.4, -0.2) is 31.2 Å². The lowest BCUT2D eigenvalue weighted by molar-refractivity contribution is -0.141. The lowest BCUT2D eigenvalue weighted by Gasteiger charge is -2.26. The van der Waals surface area contributed by atoms with Crippen molar-refractivity contribution in [3.63, 3.8) is 0 Å². The van der Waals surface area contributed by atoms with Crippen molar-refractivity contribution in [2.75, 3.05) is 13.2 Å². The van der Waals surface area contributed by atoms with Gasteiger partial charge in [0.2, 0.25) is 0 Å². The molecule has 1 aliphatic rings. The standard InChI is InChI=1S/C12H22N2O3/c1-3-17-11(15)8-13-12(16)14-10-6-4-9(2)5-7-10/h9-10H,3-8H2,1-2H3,(H2,13,14,16). The molecule has 1 fully saturated rings. The molecule has 2 N–H and O–H groups in total. The van der Waals surface area contributed by atoms with Crippen LogP contribution in [0.3, 0.4) is 0 Å². The summed E-state index contributed by atoms with van der Waals surface area (Å²) >= 11 is 0. The number of nitrogens with one attached hydrogen (secondary N) is 2. The van der Waals surface area contributed by atoms with Crippen LogP contribution in [0.4, 0.5) is 4.79 Å². The van der Waals surface area contributed by atoms with Crippen LogP contribution < -0.4 is 10.6 Å². The summed E-state index contributed by atoms with van der Waals surface area (Å²) in [4.78, 5) is 22.5. The van der Waals surface area contributed by atoms with Crippen molar-refractivity contribution >= 4 is 12.0 Å². The van der Waals surface area contributed by atoms with E-state index in [1.54, 1.807) is 6.92 Å². The van der Waals surface area contributed by atoms with Gasteiger partial charge >= 0.3 is 12.0 Å². The fourth-order valence-corrected chi connectivity index (χ4v) is 2.01. The van der Waals surface area contributed by atoms with Crippen molar-refractivity contribution in [1.29, 1.82) is 0 Å². The average molecular weight is 242 g/mol. The number of carbonyl (C=O) groups excluding carboxylic acids is 2. The van der Waals surface area contributed by atoms with E-state index in [1.165, 1.54) is 0 Å². The molecule has 0 aromatic carbocycles. The third-order valence-electron chi connectivity index (χ3n) is 3.05. The second-order valence-electron chi connectivity index (χ2n) is 4.59. The number of hydrogen-bond acceptors (Lipinski definition) is 3. The Labute approximate surface area is 102 Å². The molecule has 0 radical (unpaired) electrons. The third kappa shape index (κ3) is 5.56. The Kier molecular flexibility index (Phi) is 5.80. The summed E-state index contributed by atoms with van der Waals surface area (Å²) in [6.07, 6.45) is 4.35. The molecule has 0 aromatic rings. The lowest BCUT2D eigenvalue weighted by atomic mass is 9.87. The van der Waals surface area contributed by atoms with Crippen LogP contribution in [0.15, 0.2) is 0 Å². The molecule has 98 valence electrons. The highest BCUT2D eigenvalue weighted by atomic mass is 16.5. The van der Waals surface area contributed by atoms with Gasteiger partial charge in [0.25, 0.3) is 0 Å². The van der Waals surface area contributed by atoms with E-state index >= 15 is 0 Å². The van der Waals surface area contributed by atoms with Gasteiger partial charge < -0.3 is 15.4 Å². The minimum atomic E-state index is -0.403. The van der Waals surface area contributed by atoms with Crippen LogP contribution in [0.25, 0.3) is 0 Å². The summed E-state index contributed by atoms with van der Waals surface area (Å²) in [5.74, 6) is 0.357. The molecule has 0 saturated heterocycles. The molecule has 0 unspecified atom stereocenters. The lowest BCUT2D eigenvalue weighted by Crippen LogP contribution is -2.45. The zero-order valence-corrected chi connectivity index (χ0v) is 10.6. The normalized spacial score (nSPS) is 23.9. The first-order valence-electron chi connectivity index (χ1n) is 6.31. The third-order valence-corrected chi connectivity index (χ3v) is 3.05. The zero-order valence-electron chi connectivity index (χ0n) is 10.6. The van der Waals surface area contributed by atoms with Gasteiger partial charge in [-0.15, -0.1) is 0 Å². The summed E-state index contributed by atoms with van der Waals surface area (Å²) in [5, 5.41) is 5.38. The molecule has 5 nitrogen and oxygen atoms in total. The fraction of sp³-hybridized carbons (Fsp3) is 0.833. The number of rotatable bonds is 4. The van der Waals surface area contributed by atoms with E-state index in [0.29, 0.717) is 6.61 Å². The van der Waals surface area contributed by atoms with Gasteiger partial charge in [-0.2, -0.15) is 0 Å². The van der Waals surface area contributed by atoms with E-state index in [1.807, 2.05) is 0 Å². The molecular weight excluding hydrogens is 220 g/mol. The molecule has 0 bridgehead atoms. The topological polar surface area (TPSA) is 67.4 Å². The average Bonchev–Trinajstić information content (AvgIpc) is 2.30. The Morgan fingerprint density at radius 2 is 1.88 bits per heavy atom. The Morgan fingerprint density at radius 1 is 1.24 bits per heavy atom. The minimum absolute atomic E-state index is 0.0667. The SMILES string of the molecule is CCOC(=O)CNC(=O)NC1CCC(C)CC1. The number of ether oxygens (including phenoxy) is 1. The van der Waals surface area contributed by atoms with E-state index in [4.69, 9.17) is 4.74 Å². The van der Waals surface area contributed by atoms with Crippen LogP contribution >= 0.6 is 0 Å². The number of hydrogen-bond donors (Lipinski definition) is 2. The minimum Gasteiger partial charge on any atom is -0.465 e. The Bertz CT molecular complexity index is 260. The quantitative estimate of drug-likeness (QED) is 0.733. The van der Waals surface area contributed by atoms with E-state index in [0.717, 1.165) is 31.6 Å². The van der Waals surface area contributed by atoms with Gasteiger partial charge in [0.05, 0.1) is 6.61 Å². The largest absolute Gasteiger partial charge is 0.465 e. The van der Waals surface area contributed by atoms with E-state index < -0.39 is 5.97 Å². The zero-order chi connectivity index (χ0) is 12.7. The maximum atomic E-state index is 11.5.